The highest BCUT2D eigenvalue weighted by atomic mass is 35.7. The third kappa shape index (κ3) is 2.88. The van der Waals surface area contributed by atoms with Crippen molar-refractivity contribution in [3.05, 3.63) is 0 Å². The van der Waals surface area contributed by atoms with Crippen molar-refractivity contribution >= 4 is 28.9 Å². The molecular weight excluding hydrogens is 223 g/mol. The molecule has 0 saturated carbocycles. The van der Waals surface area contributed by atoms with Gasteiger partial charge in [-0.25, -0.2) is 0 Å². The van der Waals surface area contributed by atoms with Gasteiger partial charge in [0.05, 0.1) is 23.2 Å². The first-order valence-electron chi connectivity index (χ1n) is 4.21. The Bertz CT molecular complexity index is 218. The van der Waals surface area contributed by atoms with Crippen LogP contribution in [0.5, 0.6) is 0 Å². The molecule has 0 spiro atoms. The van der Waals surface area contributed by atoms with Gasteiger partial charge in [0.2, 0.25) is 0 Å². The Morgan fingerprint density at radius 2 is 1.38 bits per heavy atom. The minimum Gasteiger partial charge on any atom is -0.198 e. The Labute approximate surface area is 89.5 Å². The predicted octanol–water partition coefficient (Wildman–Crippen LogP) is 3.51. The van der Waals surface area contributed by atoms with E-state index < -0.39 is 6.69 Å². The van der Waals surface area contributed by atoms with Gasteiger partial charge in [-0.3, -0.25) is 0 Å². The minimum absolute atomic E-state index is 0.347. The summed E-state index contributed by atoms with van der Waals surface area (Å²) in [6.45, 7) is 0.991. The second-order valence-electron chi connectivity index (χ2n) is 2.85. The lowest BCUT2D eigenvalue weighted by atomic mass is 10.3. The van der Waals surface area contributed by atoms with Gasteiger partial charge < -0.3 is 0 Å². The Hall–Kier alpha value is -0.223. The molecule has 0 heterocycles. The van der Waals surface area contributed by atoms with Crippen molar-refractivity contribution in [3.8, 4) is 12.1 Å². The molecule has 0 aliphatic heterocycles. The molecule has 0 fully saturated rings. The van der Waals surface area contributed by atoms with Crippen LogP contribution >= 0.6 is 22.2 Å². The van der Waals surface area contributed by atoms with E-state index >= 15 is 0 Å². The summed E-state index contributed by atoms with van der Waals surface area (Å²) in [5.74, 6) is 0. The second-order valence-corrected chi connectivity index (χ2v) is 9.93. The first-order chi connectivity index (χ1) is 6.04. The van der Waals surface area contributed by atoms with Crippen LogP contribution in [0.2, 0.25) is 11.1 Å². The highest BCUT2D eigenvalue weighted by Gasteiger charge is 2.45. The summed E-state index contributed by atoms with van der Waals surface area (Å²) in [7, 11) is 0. The highest BCUT2D eigenvalue weighted by Crippen LogP contribution is 2.42. The van der Waals surface area contributed by atoms with Crippen LogP contribution < -0.4 is 0 Å². The molecular formula is C8H12Cl2N2Si. The van der Waals surface area contributed by atoms with E-state index in [0.717, 1.165) is 0 Å². The third-order valence-electron chi connectivity index (χ3n) is 2.06. The van der Waals surface area contributed by atoms with Crippen LogP contribution in [0, 0.1) is 22.7 Å². The number of hydrogen-bond donors (Lipinski definition) is 0. The van der Waals surface area contributed by atoms with Crippen LogP contribution in [-0.4, -0.2) is 6.69 Å². The zero-order chi connectivity index (χ0) is 10.5. The molecule has 13 heavy (non-hydrogen) atoms. The molecule has 0 bridgehead atoms. The number of nitriles is 2. The van der Waals surface area contributed by atoms with E-state index in [0.29, 0.717) is 12.8 Å². The van der Waals surface area contributed by atoms with Crippen LogP contribution in [0.1, 0.15) is 26.7 Å². The van der Waals surface area contributed by atoms with Crippen molar-refractivity contribution in [1.29, 1.82) is 10.5 Å². The van der Waals surface area contributed by atoms with E-state index in [-0.39, 0.29) is 11.1 Å². The highest BCUT2D eigenvalue weighted by molar-refractivity contribution is 7.47. The topological polar surface area (TPSA) is 47.6 Å². The molecule has 0 aromatic carbocycles. The standard InChI is InChI=1S/C8H12Cl2N2Si/c1-3-7(5-11)13(9,10)8(4-2)6-12/h7-8H,3-4H2,1-2H3/t7-,8-/m0/s1. The van der Waals surface area contributed by atoms with Gasteiger partial charge >= 0.3 is 0 Å². The van der Waals surface area contributed by atoms with Crippen LogP contribution in [0.15, 0.2) is 0 Å². The van der Waals surface area contributed by atoms with Gasteiger partial charge in [0.1, 0.15) is 0 Å². The van der Waals surface area contributed by atoms with E-state index in [1.54, 1.807) is 0 Å². The van der Waals surface area contributed by atoms with Crippen LogP contribution in [-0.2, 0) is 0 Å². The van der Waals surface area contributed by atoms with E-state index in [4.69, 9.17) is 32.7 Å². The molecule has 2 nitrogen and oxygen atoms in total. The fourth-order valence-corrected chi connectivity index (χ4v) is 5.50. The molecule has 0 aromatic rings. The van der Waals surface area contributed by atoms with Crippen molar-refractivity contribution in [2.75, 3.05) is 0 Å². The van der Waals surface area contributed by atoms with Gasteiger partial charge in [-0.05, 0) is 12.8 Å². The average Bonchev–Trinajstić information content (AvgIpc) is 2.07. The predicted molar refractivity (Wildman–Crippen MR) is 56.8 cm³/mol. The smallest absolute Gasteiger partial charge is 0.198 e. The number of rotatable bonds is 4. The molecule has 0 saturated heterocycles. The van der Waals surface area contributed by atoms with E-state index in [2.05, 4.69) is 12.1 Å². The lowest BCUT2D eigenvalue weighted by Gasteiger charge is -2.24. The van der Waals surface area contributed by atoms with Crippen LogP contribution in [0.4, 0.5) is 0 Å². The van der Waals surface area contributed by atoms with E-state index in [1.807, 2.05) is 13.8 Å². The summed E-state index contributed by atoms with van der Waals surface area (Å²) < 4.78 is 0. The lowest BCUT2D eigenvalue weighted by Crippen LogP contribution is -2.31. The summed E-state index contributed by atoms with van der Waals surface area (Å²) >= 11 is 12.3. The van der Waals surface area contributed by atoms with Crippen molar-refractivity contribution in [2.45, 2.75) is 37.8 Å². The van der Waals surface area contributed by atoms with Crippen LogP contribution in [0.25, 0.3) is 0 Å². The molecule has 2 atom stereocenters. The lowest BCUT2D eigenvalue weighted by molar-refractivity contribution is 0.877. The van der Waals surface area contributed by atoms with Gasteiger partial charge in [0, 0.05) is 0 Å². The maximum absolute atomic E-state index is 8.81. The molecule has 72 valence electrons. The van der Waals surface area contributed by atoms with Gasteiger partial charge in [0.25, 0.3) is 6.69 Å². The third-order valence-corrected chi connectivity index (χ3v) is 8.15. The normalized spacial score (nSPS) is 15.5. The number of halogens is 2. The van der Waals surface area contributed by atoms with Crippen molar-refractivity contribution in [3.63, 3.8) is 0 Å². The van der Waals surface area contributed by atoms with Crippen molar-refractivity contribution in [1.82, 2.24) is 0 Å². The Morgan fingerprint density at radius 1 is 1.08 bits per heavy atom. The molecule has 0 rings (SSSR count). The summed E-state index contributed by atoms with van der Waals surface area (Å²) in [5.41, 5.74) is -0.694. The molecule has 0 amide bonds. The Kier molecular flexibility index (Phi) is 5.40. The molecule has 0 aliphatic rings. The number of hydrogen-bond acceptors (Lipinski definition) is 2. The van der Waals surface area contributed by atoms with Gasteiger partial charge in [-0.1, -0.05) is 13.8 Å². The van der Waals surface area contributed by atoms with Gasteiger partial charge in [-0.15, -0.1) is 22.2 Å². The first-order valence-corrected chi connectivity index (χ1v) is 8.39. The number of nitrogens with zero attached hydrogens (tertiary/aromatic N) is 2. The molecule has 0 N–H and O–H groups in total. The maximum atomic E-state index is 8.81. The molecule has 0 radical (unpaired) electrons. The monoisotopic (exact) mass is 234 g/mol. The fraction of sp³-hybridized carbons (Fsp3) is 0.750. The largest absolute Gasteiger partial charge is 0.284 e. The van der Waals surface area contributed by atoms with Crippen molar-refractivity contribution in [2.24, 2.45) is 0 Å². The summed E-state index contributed by atoms with van der Waals surface area (Å²) in [5, 5.41) is 17.6. The van der Waals surface area contributed by atoms with Crippen molar-refractivity contribution < 1.29 is 0 Å². The maximum Gasteiger partial charge on any atom is 0.284 e. The fourth-order valence-electron chi connectivity index (χ4n) is 1.14. The molecule has 0 aliphatic carbocycles. The average molecular weight is 235 g/mol. The van der Waals surface area contributed by atoms with Gasteiger partial charge in [0.15, 0.2) is 0 Å². The molecule has 0 aromatic heterocycles. The minimum atomic E-state index is -2.74. The van der Waals surface area contributed by atoms with E-state index in [1.165, 1.54) is 0 Å². The molecule has 0 unspecified atom stereocenters. The summed E-state index contributed by atoms with van der Waals surface area (Å²) in [6.07, 6.45) is 1.24. The zero-order valence-electron chi connectivity index (χ0n) is 7.72. The Balaban J connectivity index is 4.73. The summed E-state index contributed by atoms with van der Waals surface area (Å²) in [6, 6.07) is 4.18. The molecule has 5 heteroatoms. The summed E-state index contributed by atoms with van der Waals surface area (Å²) in [4.78, 5) is 0. The Morgan fingerprint density at radius 3 is 1.54 bits per heavy atom. The second kappa shape index (κ2) is 5.50. The van der Waals surface area contributed by atoms with Crippen LogP contribution in [0.3, 0.4) is 0 Å². The van der Waals surface area contributed by atoms with Gasteiger partial charge in [-0.2, -0.15) is 10.5 Å². The first kappa shape index (κ1) is 12.8. The SMILES string of the molecule is CC[C@@H](C#N)[Si](Cl)(Cl)[C@H](C#N)CC. The quantitative estimate of drug-likeness (QED) is 0.553. The van der Waals surface area contributed by atoms with E-state index in [9.17, 15) is 0 Å². The zero-order valence-corrected chi connectivity index (χ0v) is 10.2.